The van der Waals surface area contributed by atoms with E-state index in [1.807, 2.05) is 42.5 Å². The zero-order valence-electron chi connectivity index (χ0n) is 11.5. The van der Waals surface area contributed by atoms with Crippen LogP contribution in [-0.2, 0) is 6.54 Å². The Balaban J connectivity index is 1.71. The quantitative estimate of drug-likeness (QED) is 0.696. The van der Waals surface area contributed by atoms with Crippen molar-refractivity contribution in [1.82, 2.24) is 15.3 Å². The molecule has 0 bridgehead atoms. The highest BCUT2D eigenvalue weighted by atomic mass is 79.9. The molecule has 0 radical (unpaired) electrons. The van der Waals surface area contributed by atoms with Crippen LogP contribution in [0.1, 0.15) is 24.4 Å². The van der Waals surface area contributed by atoms with E-state index in [2.05, 4.69) is 38.1 Å². The molecular formula is C16H15BrClN3. The Morgan fingerprint density at radius 3 is 2.86 bits per heavy atom. The van der Waals surface area contributed by atoms with E-state index in [0.29, 0.717) is 6.54 Å². The molecule has 0 saturated heterocycles. The van der Waals surface area contributed by atoms with Crippen molar-refractivity contribution in [2.24, 2.45) is 0 Å². The predicted octanol–water partition coefficient (Wildman–Crippen LogP) is 4.83. The topological polar surface area (TPSA) is 40.7 Å². The van der Waals surface area contributed by atoms with Crippen LogP contribution in [0.2, 0.25) is 5.02 Å². The summed E-state index contributed by atoms with van der Waals surface area (Å²) >= 11 is 9.70. The normalized spacial score (nSPS) is 12.7. The molecule has 0 spiro atoms. The largest absolute Gasteiger partial charge is 0.341 e. The maximum atomic E-state index is 6.28. The molecular weight excluding hydrogens is 350 g/mol. The van der Waals surface area contributed by atoms with Crippen LogP contribution in [-0.4, -0.2) is 9.97 Å². The summed E-state index contributed by atoms with van der Waals surface area (Å²) in [6.07, 6.45) is 0. The molecule has 3 aromatic rings. The molecule has 2 aromatic carbocycles. The Hall–Kier alpha value is -1.36. The number of imidazole rings is 1. The van der Waals surface area contributed by atoms with Crippen LogP contribution in [0.3, 0.4) is 0 Å². The SMILES string of the molecule is CC(NCc1nc2ccccc2[nH]1)c1ccc(Br)cc1Cl. The molecule has 21 heavy (non-hydrogen) atoms. The number of halogens is 2. The highest BCUT2D eigenvalue weighted by molar-refractivity contribution is 9.10. The first-order chi connectivity index (χ1) is 10.1. The van der Waals surface area contributed by atoms with Gasteiger partial charge in [-0.15, -0.1) is 0 Å². The summed E-state index contributed by atoms with van der Waals surface area (Å²) < 4.78 is 0.987. The number of para-hydroxylation sites is 2. The van der Waals surface area contributed by atoms with Crippen molar-refractivity contribution in [3.63, 3.8) is 0 Å². The summed E-state index contributed by atoms with van der Waals surface area (Å²) in [6.45, 7) is 2.76. The van der Waals surface area contributed by atoms with E-state index < -0.39 is 0 Å². The van der Waals surface area contributed by atoms with E-state index in [-0.39, 0.29) is 6.04 Å². The Bertz CT molecular complexity index is 736. The number of nitrogens with one attached hydrogen (secondary N) is 2. The van der Waals surface area contributed by atoms with E-state index in [9.17, 15) is 0 Å². The van der Waals surface area contributed by atoms with Gasteiger partial charge in [-0.25, -0.2) is 4.98 Å². The molecule has 1 heterocycles. The maximum absolute atomic E-state index is 6.28. The molecule has 1 aromatic heterocycles. The molecule has 108 valence electrons. The maximum Gasteiger partial charge on any atom is 0.121 e. The molecule has 3 rings (SSSR count). The number of fused-ring (bicyclic) bond motifs is 1. The molecule has 0 amide bonds. The third-order valence-corrected chi connectivity index (χ3v) is 4.26. The van der Waals surface area contributed by atoms with Crippen molar-refractivity contribution in [1.29, 1.82) is 0 Å². The van der Waals surface area contributed by atoms with Gasteiger partial charge in [0, 0.05) is 15.5 Å². The van der Waals surface area contributed by atoms with Gasteiger partial charge in [-0.2, -0.15) is 0 Å². The van der Waals surface area contributed by atoms with Crippen molar-refractivity contribution in [3.05, 3.63) is 63.3 Å². The van der Waals surface area contributed by atoms with Gasteiger partial charge >= 0.3 is 0 Å². The first-order valence-corrected chi connectivity index (χ1v) is 7.92. The van der Waals surface area contributed by atoms with Crippen LogP contribution in [0.4, 0.5) is 0 Å². The zero-order valence-corrected chi connectivity index (χ0v) is 13.9. The van der Waals surface area contributed by atoms with Gasteiger partial charge in [0.05, 0.1) is 17.6 Å². The third-order valence-electron chi connectivity index (χ3n) is 3.44. The van der Waals surface area contributed by atoms with E-state index in [1.54, 1.807) is 0 Å². The van der Waals surface area contributed by atoms with E-state index in [0.717, 1.165) is 31.9 Å². The summed E-state index contributed by atoms with van der Waals surface area (Å²) in [4.78, 5) is 7.87. The fraction of sp³-hybridized carbons (Fsp3) is 0.188. The van der Waals surface area contributed by atoms with Crippen LogP contribution < -0.4 is 5.32 Å². The van der Waals surface area contributed by atoms with Crippen molar-refractivity contribution in [2.45, 2.75) is 19.5 Å². The number of rotatable bonds is 4. The summed E-state index contributed by atoms with van der Waals surface area (Å²) in [5, 5.41) is 4.20. The fourth-order valence-electron chi connectivity index (χ4n) is 2.30. The third kappa shape index (κ3) is 3.28. The minimum Gasteiger partial charge on any atom is -0.341 e. The van der Waals surface area contributed by atoms with Gasteiger partial charge < -0.3 is 10.3 Å². The molecule has 1 atom stereocenters. The predicted molar refractivity (Wildman–Crippen MR) is 90.5 cm³/mol. The lowest BCUT2D eigenvalue weighted by atomic mass is 10.1. The van der Waals surface area contributed by atoms with Crippen LogP contribution in [0.5, 0.6) is 0 Å². The van der Waals surface area contributed by atoms with Gasteiger partial charge in [0.15, 0.2) is 0 Å². The average Bonchev–Trinajstić information content (AvgIpc) is 2.87. The Morgan fingerprint density at radius 1 is 1.29 bits per heavy atom. The van der Waals surface area contributed by atoms with Gasteiger partial charge in [0.25, 0.3) is 0 Å². The van der Waals surface area contributed by atoms with E-state index in [1.165, 1.54) is 0 Å². The van der Waals surface area contributed by atoms with Crippen LogP contribution >= 0.6 is 27.5 Å². The molecule has 0 saturated carbocycles. The average molecular weight is 365 g/mol. The number of aromatic nitrogens is 2. The smallest absolute Gasteiger partial charge is 0.121 e. The second-order valence-corrected chi connectivity index (χ2v) is 6.29. The van der Waals surface area contributed by atoms with Gasteiger partial charge in [0.1, 0.15) is 5.82 Å². The van der Waals surface area contributed by atoms with Crippen molar-refractivity contribution in [2.75, 3.05) is 0 Å². The number of hydrogen-bond donors (Lipinski definition) is 2. The van der Waals surface area contributed by atoms with Gasteiger partial charge in [-0.3, -0.25) is 0 Å². The van der Waals surface area contributed by atoms with E-state index in [4.69, 9.17) is 11.6 Å². The second-order valence-electron chi connectivity index (χ2n) is 4.97. The molecule has 0 aliphatic carbocycles. The molecule has 0 aliphatic heterocycles. The fourth-order valence-corrected chi connectivity index (χ4v) is 3.14. The van der Waals surface area contributed by atoms with Crippen molar-refractivity contribution < 1.29 is 0 Å². The van der Waals surface area contributed by atoms with Crippen molar-refractivity contribution in [3.8, 4) is 0 Å². The Kier molecular flexibility index (Phi) is 4.29. The lowest BCUT2D eigenvalue weighted by Gasteiger charge is -2.15. The van der Waals surface area contributed by atoms with Gasteiger partial charge in [-0.05, 0) is 36.8 Å². The number of H-pyrrole nitrogens is 1. The number of nitrogens with zero attached hydrogens (tertiary/aromatic N) is 1. The summed E-state index contributed by atoms with van der Waals surface area (Å²) in [5.74, 6) is 0.927. The standard InChI is InChI=1S/C16H15BrClN3/c1-10(12-7-6-11(17)8-13(12)18)19-9-16-20-14-4-2-3-5-15(14)21-16/h2-8,10,19H,9H2,1H3,(H,20,21). The lowest BCUT2D eigenvalue weighted by molar-refractivity contribution is 0.563. The Labute approximate surface area is 136 Å². The van der Waals surface area contributed by atoms with Gasteiger partial charge in [-0.1, -0.05) is 45.7 Å². The summed E-state index contributed by atoms with van der Waals surface area (Å²) in [6, 6.07) is 14.1. The highest BCUT2D eigenvalue weighted by Crippen LogP contribution is 2.26. The highest BCUT2D eigenvalue weighted by Gasteiger charge is 2.10. The molecule has 5 heteroatoms. The molecule has 3 nitrogen and oxygen atoms in total. The second kappa shape index (κ2) is 6.18. The first kappa shape index (κ1) is 14.6. The minimum atomic E-state index is 0.152. The number of hydrogen-bond acceptors (Lipinski definition) is 2. The minimum absolute atomic E-state index is 0.152. The molecule has 0 fully saturated rings. The summed E-state index contributed by atoms with van der Waals surface area (Å²) in [5.41, 5.74) is 3.13. The molecule has 0 aliphatic rings. The molecule has 1 unspecified atom stereocenters. The number of aromatic amines is 1. The molecule has 2 N–H and O–H groups in total. The monoisotopic (exact) mass is 363 g/mol. The van der Waals surface area contributed by atoms with E-state index >= 15 is 0 Å². The van der Waals surface area contributed by atoms with Crippen LogP contribution in [0.25, 0.3) is 11.0 Å². The number of benzene rings is 2. The van der Waals surface area contributed by atoms with Crippen LogP contribution in [0, 0.1) is 0 Å². The lowest BCUT2D eigenvalue weighted by Crippen LogP contribution is -2.19. The summed E-state index contributed by atoms with van der Waals surface area (Å²) in [7, 11) is 0. The Morgan fingerprint density at radius 2 is 2.10 bits per heavy atom. The zero-order chi connectivity index (χ0) is 14.8. The first-order valence-electron chi connectivity index (χ1n) is 6.75. The van der Waals surface area contributed by atoms with Gasteiger partial charge in [0.2, 0.25) is 0 Å². The van der Waals surface area contributed by atoms with Crippen molar-refractivity contribution >= 4 is 38.6 Å². The van der Waals surface area contributed by atoms with Crippen LogP contribution in [0.15, 0.2) is 46.9 Å².